The molecule has 0 radical (unpaired) electrons. The third-order valence-electron chi connectivity index (χ3n) is 7.39. The summed E-state index contributed by atoms with van der Waals surface area (Å²) in [6.07, 6.45) is 3.95. The van der Waals surface area contributed by atoms with E-state index < -0.39 is 0 Å². The quantitative estimate of drug-likeness (QED) is 0.227. The number of fused-ring (bicyclic) bond motifs is 2. The maximum absolute atomic E-state index is 4.62. The molecule has 1 heterocycles. The molecule has 7 rings (SSSR count). The maximum Gasteiger partial charge on any atom is 0.0353 e. The number of benzene rings is 6. The second-order valence-corrected chi connectivity index (χ2v) is 9.54. The molecule has 0 aliphatic heterocycles. The Bertz CT molecular complexity index is 1710. The first-order valence-electron chi connectivity index (χ1n) is 13.0. The third-order valence-corrected chi connectivity index (χ3v) is 7.39. The molecule has 38 heavy (non-hydrogen) atoms. The van der Waals surface area contributed by atoms with Crippen LogP contribution in [0.5, 0.6) is 0 Å². The van der Waals surface area contributed by atoms with Crippen molar-refractivity contribution in [2.45, 2.75) is 0 Å². The first-order valence-corrected chi connectivity index (χ1v) is 13.0. The molecule has 6 aromatic carbocycles. The van der Waals surface area contributed by atoms with Gasteiger partial charge < -0.3 is 0 Å². The summed E-state index contributed by atoms with van der Waals surface area (Å²) in [5, 5.41) is 4.84. The second-order valence-electron chi connectivity index (χ2n) is 9.54. The minimum absolute atomic E-state index is 1.16. The van der Waals surface area contributed by atoms with Gasteiger partial charge in [0, 0.05) is 17.8 Å². The Morgan fingerprint density at radius 3 is 1.24 bits per heavy atom. The van der Waals surface area contributed by atoms with Crippen LogP contribution in [0.15, 0.2) is 152 Å². The highest BCUT2D eigenvalue weighted by molar-refractivity contribution is 6.23. The zero-order valence-electron chi connectivity index (χ0n) is 20.9. The van der Waals surface area contributed by atoms with Crippen molar-refractivity contribution in [3.63, 3.8) is 0 Å². The molecule has 0 N–H and O–H groups in total. The van der Waals surface area contributed by atoms with Crippen LogP contribution in [-0.4, -0.2) is 4.98 Å². The van der Waals surface area contributed by atoms with Crippen LogP contribution in [0.25, 0.3) is 66.1 Å². The third kappa shape index (κ3) is 3.68. The van der Waals surface area contributed by atoms with Crippen molar-refractivity contribution in [1.82, 2.24) is 4.98 Å². The molecule has 0 unspecified atom stereocenters. The molecule has 0 aliphatic rings. The highest BCUT2D eigenvalue weighted by Gasteiger charge is 2.20. The van der Waals surface area contributed by atoms with Gasteiger partial charge in [-0.1, -0.05) is 133 Å². The lowest BCUT2D eigenvalue weighted by Gasteiger charge is -2.20. The van der Waals surface area contributed by atoms with Crippen LogP contribution < -0.4 is 0 Å². The Balaban J connectivity index is 1.61. The van der Waals surface area contributed by atoms with Crippen molar-refractivity contribution < 1.29 is 0 Å². The van der Waals surface area contributed by atoms with E-state index in [4.69, 9.17) is 0 Å². The highest BCUT2D eigenvalue weighted by Crippen LogP contribution is 2.47. The van der Waals surface area contributed by atoms with Gasteiger partial charge in [0.1, 0.15) is 0 Å². The lowest BCUT2D eigenvalue weighted by molar-refractivity contribution is 1.37. The van der Waals surface area contributed by atoms with Crippen LogP contribution in [0.3, 0.4) is 0 Å². The monoisotopic (exact) mass is 483 g/mol. The van der Waals surface area contributed by atoms with Crippen molar-refractivity contribution in [2.24, 2.45) is 0 Å². The van der Waals surface area contributed by atoms with Crippen LogP contribution in [0.1, 0.15) is 0 Å². The van der Waals surface area contributed by atoms with Crippen LogP contribution in [-0.2, 0) is 0 Å². The Morgan fingerprint density at radius 2 is 0.711 bits per heavy atom. The SMILES string of the molecule is c1ccc(-c2ccccc2-c2c3ccccc3c(-c3ccccc3-c3ccccc3)c3cnccc23)cc1. The first kappa shape index (κ1) is 22.2. The number of hydrogen-bond acceptors (Lipinski definition) is 1. The molecule has 1 nitrogen and oxygen atoms in total. The zero-order chi connectivity index (χ0) is 25.3. The van der Waals surface area contributed by atoms with Crippen molar-refractivity contribution in [1.29, 1.82) is 0 Å². The summed E-state index contributed by atoms with van der Waals surface area (Å²) in [4.78, 5) is 4.62. The van der Waals surface area contributed by atoms with E-state index in [0.29, 0.717) is 0 Å². The molecule has 1 heteroatoms. The summed E-state index contributed by atoms with van der Waals surface area (Å²) in [7, 11) is 0. The predicted octanol–water partition coefficient (Wildman–Crippen LogP) is 10.1. The van der Waals surface area contributed by atoms with Gasteiger partial charge in [-0.05, 0) is 66.7 Å². The van der Waals surface area contributed by atoms with E-state index in [2.05, 4.69) is 145 Å². The van der Waals surface area contributed by atoms with Crippen molar-refractivity contribution in [2.75, 3.05) is 0 Å². The van der Waals surface area contributed by atoms with Crippen LogP contribution in [0.2, 0.25) is 0 Å². The van der Waals surface area contributed by atoms with Gasteiger partial charge in [-0.15, -0.1) is 0 Å². The molecule has 1 aromatic heterocycles. The van der Waals surface area contributed by atoms with Gasteiger partial charge in [-0.25, -0.2) is 0 Å². The fourth-order valence-electron chi connectivity index (χ4n) is 5.74. The zero-order valence-corrected chi connectivity index (χ0v) is 20.9. The van der Waals surface area contributed by atoms with E-state index in [1.807, 2.05) is 12.4 Å². The van der Waals surface area contributed by atoms with Gasteiger partial charge >= 0.3 is 0 Å². The fourth-order valence-corrected chi connectivity index (χ4v) is 5.74. The average molecular weight is 484 g/mol. The average Bonchev–Trinajstić information content (AvgIpc) is 3.01. The molecule has 0 fully saturated rings. The fraction of sp³-hybridized carbons (Fsp3) is 0. The standard InChI is InChI=1S/C37H25N/c1-3-13-26(14-4-1)28-17-7-9-19-30(28)36-32-21-11-12-22-33(32)37(35-25-38-24-23-34(35)36)31-20-10-8-18-29(31)27-15-5-2-6-16-27/h1-25H. The minimum atomic E-state index is 1.16. The van der Waals surface area contributed by atoms with Gasteiger partial charge in [-0.2, -0.15) is 0 Å². The molecular weight excluding hydrogens is 458 g/mol. The van der Waals surface area contributed by atoms with E-state index in [9.17, 15) is 0 Å². The Labute approximate surface area is 222 Å². The van der Waals surface area contributed by atoms with E-state index >= 15 is 0 Å². The van der Waals surface area contributed by atoms with Gasteiger partial charge in [0.25, 0.3) is 0 Å². The van der Waals surface area contributed by atoms with Crippen LogP contribution in [0, 0.1) is 0 Å². The lowest BCUT2D eigenvalue weighted by atomic mass is 9.83. The Morgan fingerprint density at radius 1 is 0.316 bits per heavy atom. The molecule has 0 bridgehead atoms. The maximum atomic E-state index is 4.62. The number of aromatic nitrogens is 1. The molecule has 0 saturated carbocycles. The summed E-state index contributed by atoms with van der Waals surface area (Å²) in [5.41, 5.74) is 9.80. The normalized spacial score (nSPS) is 11.2. The number of pyridine rings is 1. The largest absolute Gasteiger partial charge is 0.264 e. The van der Waals surface area contributed by atoms with Crippen molar-refractivity contribution in [3.05, 3.63) is 152 Å². The summed E-state index contributed by atoms with van der Waals surface area (Å²) in [6.45, 7) is 0. The topological polar surface area (TPSA) is 12.9 Å². The molecule has 0 spiro atoms. The second kappa shape index (κ2) is 9.46. The summed E-state index contributed by atoms with van der Waals surface area (Å²) >= 11 is 0. The summed E-state index contributed by atoms with van der Waals surface area (Å²) < 4.78 is 0. The first-order chi connectivity index (χ1) is 18.9. The van der Waals surface area contributed by atoms with Crippen LogP contribution in [0.4, 0.5) is 0 Å². The van der Waals surface area contributed by atoms with Gasteiger partial charge in [-0.3, -0.25) is 4.98 Å². The summed E-state index contributed by atoms with van der Waals surface area (Å²) in [5.74, 6) is 0. The predicted molar refractivity (Wildman–Crippen MR) is 161 cm³/mol. The van der Waals surface area contributed by atoms with Gasteiger partial charge in [0.05, 0.1) is 0 Å². The molecule has 7 aromatic rings. The molecular formula is C37H25N. The van der Waals surface area contributed by atoms with E-state index in [1.165, 1.54) is 60.7 Å². The number of hydrogen-bond donors (Lipinski definition) is 0. The molecule has 0 aliphatic carbocycles. The van der Waals surface area contributed by atoms with E-state index in [0.717, 1.165) is 5.39 Å². The highest BCUT2D eigenvalue weighted by atomic mass is 14.6. The molecule has 0 atom stereocenters. The smallest absolute Gasteiger partial charge is 0.0353 e. The molecule has 0 amide bonds. The number of nitrogens with zero attached hydrogens (tertiary/aromatic N) is 1. The van der Waals surface area contributed by atoms with Crippen molar-refractivity contribution in [3.8, 4) is 44.5 Å². The molecule has 178 valence electrons. The Hall–Kier alpha value is -5.01. The van der Waals surface area contributed by atoms with E-state index in [-0.39, 0.29) is 0 Å². The minimum Gasteiger partial charge on any atom is -0.264 e. The lowest BCUT2D eigenvalue weighted by Crippen LogP contribution is -1.94. The number of rotatable bonds is 4. The van der Waals surface area contributed by atoms with Crippen LogP contribution >= 0.6 is 0 Å². The summed E-state index contributed by atoms with van der Waals surface area (Å²) in [6, 6.07) is 49.8. The van der Waals surface area contributed by atoms with Gasteiger partial charge in [0.2, 0.25) is 0 Å². The Kier molecular flexibility index (Phi) is 5.53. The van der Waals surface area contributed by atoms with Gasteiger partial charge in [0.15, 0.2) is 0 Å². The van der Waals surface area contributed by atoms with E-state index in [1.54, 1.807) is 0 Å². The van der Waals surface area contributed by atoms with Crippen molar-refractivity contribution >= 4 is 21.5 Å². The molecule has 0 saturated heterocycles.